The highest BCUT2D eigenvalue weighted by atomic mass is 35.5. The molecule has 128 valence electrons. The predicted octanol–water partition coefficient (Wildman–Crippen LogP) is 3.76. The van der Waals surface area contributed by atoms with Crippen LogP contribution < -0.4 is 5.32 Å². The summed E-state index contributed by atoms with van der Waals surface area (Å²) < 4.78 is 0. The molecule has 4 heteroatoms. The van der Waals surface area contributed by atoms with E-state index in [4.69, 9.17) is 0 Å². The summed E-state index contributed by atoms with van der Waals surface area (Å²) in [6, 6.07) is 0.569. The molecule has 3 nitrogen and oxygen atoms in total. The first-order chi connectivity index (χ1) is 10.3. The molecule has 3 rings (SSSR count). The molecule has 0 radical (unpaired) electrons. The van der Waals surface area contributed by atoms with E-state index in [2.05, 4.69) is 10.2 Å². The van der Waals surface area contributed by atoms with Gasteiger partial charge in [-0.2, -0.15) is 0 Å². The number of carbonyl (C=O) groups excluding carboxylic acids is 1. The zero-order chi connectivity index (χ0) is 14.5. The number of halogens is 1. The van der Waals surface area contributed by atoms with E-state index >= 15 is 0 Å². The summed E-state index contributed by atoms with van der Waals surface area (Å²) in [5.74, 6) is 2.08. The Kier molecular flexibility index (Phi) is 7.49. The molecule has 0 unspecified atom stereocenters. The van der Waals surface area contributed by atoms with Gasteiger partial charge in [0.2, 0.25) is 5.91 Å². The molecule has 0 spiro atoms. The van der Waals surface area contributed by atoms with Crippen LogP contribution in [0.15, 0.2) is 0 Å². The maximum atomic E-state index is 12.8. The number of rotatable bonds is 6. The van der Waals surface area contributed by atoms with Gasteiger partial charge in [0.1, 0.15) is 0 Å². The third-order valence-electron chi connectivity index (χ3n) is 5.71. The fourth-order valence-electron chi connectivity index (χ4n) is 4.07. The van der Waals surface area contributed by atoms with Crippen molar-refractivity contribution in [2.24, 2.45) is 11.8 Å². The number of nitrogens with one attached hydrogen (secondary N) is 1. The highest BCUT2D eigenvalue weighted by Crippen LogP contribution is 2.33. The molecule has 3 aliphatic rings. The minimum absolute atomic E-state index is 0. The third-order valence-corrected chi connectivity index (χ3v) is 5.71. The van der Waals surface area contributed by atoms with Gasteiger partial charge < -0.3 is 10.2 Å². The molecule has 1 amide bonds. The van der Waals surface area contributed by atoms with E-state index in [1.54, 1.807) is 0 Å². The van der Waals surface area contributed by atoms with Crippen molar-refractivity contribution in [2.75, 3.05) is 19.6 Å². The summed E-state index contributed by atoms with van der Waals surface area (Å²) in [5.41, 5.74) is 0. The summed E-state index contributed by atoms with van der Waals surface area (Å²) >= 11 is 0. The highest BCUT2D eigenvalue weighted by Gasteiger charge is 2.31. The Morgan fingerprint density at radius 2 is 1.59 bits per heavy atom. The van der Waals surface area contributed by atoms with Crippen molar-refractivity contribution in [3.63, 3.8) is 0 Å². The van der Waals surface area contributed by atoms with Gasteiger partial charge in [0.25, 0.3) is 0 Å². The molecule has 2 aliphatic carbocycles. The largest absolute Gasteiger partial charge is 0.339 e. The lowest BCUT2D eigenvalue weighted by Crippen LogP contribution is -2.43. The molecule has 1 N–H and O–H groups in total. The highest BCUT2D eigenvalue weighted by molar-refractivity contribution is 5.85. The molecule has 2 saturated carbocycles. The van der Waals surface area contributed by atoms with E-state index < -0.39 is 0 Å². The molecule has 0 aromatic carbocycles. The molecule has 1 saturated heterocycles. The van der Waals surface area contributed by atoms with Gasteiger partial charge in [0.15, 0.2) is 0 Å². The van der Waals surface area contributed by atoms with E-state index in [0.717, 1.165) is 44.3 Å². The van der Waals surface area contributed by atoms with Crippen molar-refractivity contribution in [3.05, 3.63) is 0 Å². The fourth-order valence-corrected chi connectivity index (χ4v) is 4.07. The Hall–Kier alpha value is -0.280. The zero-order valence-corrected chi connectivity index (χ0v) is 14.7. The molecular weight excluding hydrogens is 296 g/mol. The predicted molar refractivity (Wildman–Crippen MR) is 93.4 cm³/mol. The number of nitrogens with zero attached hydrogens (tertiary/aromatic N) is 1. The van der Waals surface area contributed by atoms with E-state index in [1.807, 2.05) is 0 Å². The van der Waals surface area contributed by atoms with Gasteiger partial charge in [0, 0.05) is 19.0 Å². The number of piperidine rings is 1. The van der Waals surface area contributed by atoms with Gasteiger partial charge >= 0.3 is 0 Å². The summed E-state index contributed by atoms with van der Waals surface area (Å²) in [6.07, 6.45) is 13.7. The maximum absolute atomic E-state index is 12.8. The molecule has 22 heavy (non-hydrogen) atoms. The third kappa shape index (κ3) is 5.42. The van der Waals surface area contributed by atoms with Crippen LogP contribution in [0, 0.1) is 11.8 Å². The van der Waals surface area contributed by atoms with Crippen molar-refractivity contribution in [2.45, 2.75) is 76.7 Å². The molecule has 0 aromatic rings. The Balaban J connectivity index is 0.00000176. The van der Waals surface area contributed by atoms with Crippen molar-refractivity contribution >= 4 is 18.3 Å². The Morgan fingerprint density at radius 3 is 2.23 bits per heavy atom. The van der Waals surface area contributed by atoms with Crippen LogP contribution in [-0.2, 0) is 4.79 Å². The van der Waals surface area contributed by atoms with Crippen LogP contribution in [0.2, 0.25) is 0 Å². The molecule has 0 aromatic heterocycles. The van der Waals surface area contributed by atoms with Gasteiger partial charge in [0.05, 0.1) is 0 Å². The Bertz CT molecular complexity index is 334. The number of hydrogen-bond donors (Lipinski definition) is 1. The molecule has 1 heterocycles. The van der Waals surface area contributed by atoms with Crippen molar-refractivity contribution in [1.29, 1.82) is 0 Å². The van der Waals surface area contributed by atoms with Gasteiger partial charge in [-0.05, 0) is 69.9 Å². The normalized spacial score (nSPS) is 23.8. The molecular formula is C18H33ClN2O. The van der Waals surface area contributed by atoms with Crippen molar-refractivity contribution in [1.82, 2.24) is 10.2 Å². The average molecular weight is 329 g/mol. The number of carbonyl (C=O) groups is 1. The summed E-state index contributed by atoms with van der Waals surface area (Å²) in [6.45, 7) is 3.36. The smallest absolute Gasteiger partial charge is 0.222 e. The number of hydrogen-bond acceptors (Lipinski definition) is 2. The minimum atomic E-state index is 0. The van der Waals surface area contributed by atoms with Crippen LogP contribution in [0.3, 0.4) is 0 Å². The summed E-state index contributed by atoms with van der Waals surface area (Å²) in [5, 5.41) is 3.42. The zero-order valence-electron chi connectivity index (χ0n) is 13.9. The average Bonchev–Trinajstić information content (AvgIpc) is 3.36. The first-order valence-electron chi connectivity index (χ1n) is 9.33. The van der Waals surface area contributed by atoms with E-state index in [1.165, 1.54) is 57.8 Å². The first-order valence-corrected chi connectivity index (χ1v) is 9.33. The molecule has 3 fully saturated rings. The quantitative estimate of drug-likeness (QED) is 0.805. The lowest BCUT2D eigenvalue weighted by molar-refractivity contribution is -0.134. The SMILES string of the molecule is Cl.O=C(CCC1CCNCC1)N(CC1CC1)C1CCCCC1. The second kappa shape index (κ2) is 9.12. The van der Waals surface area contributed by atoms with Crippen molar-refractivity contribution in [3.8, 4) is 0 Å². The number of amides is 1. The monoisotopic (exact) mass is 328 g/mol. The fraction of sp³-hybridized carbons (Fsp3) is 0.944. The molecule has 1 aliphatic heterocycles. The van der Waals surface area contributed by atoms with Crippen LogP contribution in [0.25, 0.3) is 0 Å². The van der Waals surface area contributed by atoms with Crippen LogP contribution in [0.4, 0.5) is 0 Å². The van der Waals surface area contributed by atoms with Gasteiger partial charge in [-0.3, -0.25) is 4.79 Å². The standard InChI is InChI=1S/C18H32N2O.ClH/c21-18(9-8-15-10-12-19-13-11-15)20(14-16-6-7-16)17-4-2-1-3-5-17;/h15-17,19H,1-14H2;1H. The Labute approximate surface area is 142 Å². The lowest BCUT2D eigenvalue weighted by atomic mass is 9.91. The van der Waals surface area contributed by atoms with Crippen molar-refractivity contribution < 1.29 is 4.79 Å². The van der Waals surface area contributed by atoms with Crippen LogP contribution in [0.1, 0.15) is 70.6 Å². The second-order valence-electron chi connectivity index (χ2n) is 7.51. The topological polar surface area (TPSA) is 32.3 Å². The van der Waals surface area contributed by atoms with Crippen LogP contribution in [0.5, 0.6) is 0 Å². The van der Waals surface area contributed by atoms with E-state index in [-0.39, 0.29) is 12.4 Å². The Morgan fingerprint density at radius 1 is 0.909 bits per heavy atom. The van der Waals surface area contributed by atoms with Gasteiger partial charge in [-0.15, -0.1) is 12.4 Å². The van der Waals surface area contributed by atoms with E-state index in [0.29, 0.717) is 11.9 Å². The van der Waals surface area contributed by atoms with Crippen LogP contribution >= 0.6 is 12.4 Å². The summed E-state index contributed by atoms with van der Waals surface area (Å²) in [4.78, 5) is 15.1. The maximum Gasteiger partial charge on any atom is 0.222 e. The van der Waals surface area contributed by atoms with E-state index in [9.17, 15) is 4.79 Å². The lowest BCUT2D eigenvalue weighted by Gasteiger charge is -2.35. The minimum Gasteiger partial charge on any atom is -0.339 e. The summed E-state index contributed by atoms with van der Waals surface area (Å²) in [7, 11) is 0. The van der Waals surface area contributed by atoms with Gasteiger partial charge in [-0.1, -0.05) is 19.3 Å². The van der Waals surface area contributed by atoms with Gasteiger partial charge in [-0.25, -0.2) is 0 Å². The molecule has 0 atom stereocenters. The first kappa shape index (κ1) is 18.1. The molecule has 0 bridgehead atoms. The second-order valence-corrected chi connectivity index (χ2v) is 7.51. The van der Waals surface area contributed by atoms with Crippen LogP contribution in [-0.4, -0.2) is 36.5 Å².